The Bertz CT molecular complexity index is 4340. The standard InChI is InChI=1S/C61H33N7O/c1-62-36-24-28-53-44(31-36)45-32-37(63-2)25-29-54(45)68(53)55-22-11-23-56-58(55)61(46-27-26-38(34-57(46)69-56)66-49-18-7-3-13-40(49)41-14-4-8-19-50(41)66)47-17-12-30-64-59(47)60-48(61)33-39(35-65-60)67-51-20-9-5-15-42(51)43-16-6-10-21-52(43)67/h3-35H. The molecule has 0 fully saturated rings. The fraction of sp³-hybridized carbons (Fsp3) is 0.0164. The van der Waals surface area contributed by atoms with Gasteiger partial charge in [-0.1, -0.05) is 103 Å². The second kappa shape index (κ2) is 13.6. The van der Waals surface area contributed by atoms with E-state index in [1.807, 2.05) is 54.9 Å². The first-order valence-electron chi connectivity index (χ1n) is 22.9. The lowest BCUT2D eigenvalue weighted by atomic mass is 9.65. The third-order valence-electron chi connectivity index (χ3n) is 14.6. The van der Waals surface area contributed by atoms with E-state index in [1.54, 1.807) is 0 Å². The zero-order chi connectivity index (χ0) is 45.5. The van der Waals surface area contributed by atoms with Crippen LogP contribution >= 0.6 is 0 Å². The van der Waals surface area contributed by atoms with Crippen molar-refractivity contribution >= 4 is 76.8 Å². The van der Waals surface area contributed by atoms with E-state index in [2.05, 4.69) is 169 Å². The second-order valence-corrected chi connectivity index (χ2v) is 17.9. The van der Waals surface area contributed by atoms with E-state index in [9.17, 15) is 0 Å². The number of nitrogens with zero attached hydrogens (tertiary/aromatic N) is 7. The molecule has 0 N–H and O–H groups in total. The van der Waals surface area contributed by atoms with Crippen LogP contribution in [0.2, 0.25) is 0 Å². The first-order valence-corrected chi connectivity index (χ1v) is 22.9. The average Bonchev–Trinajstić information content (AvgIpc) is 4.12. The van der Waals surface area contributed by atoms with Crippen LogP contribution in [-0.2, 0) is 5.41 Å². The Labute approximate surface area is 394 Å². The molecule has 13 aromatic rings. The van der Waals surface area contributed by atoms with Crippen LogP contribution in [0.3, 0.4) is 0 Å². The Morgan fingerprint density at radius 2 is 0.957 bits per heavy atom. The number of hydrogen-bond acceptors (Lipinski definition) is 3. The largest absolute Gasteiger partial charge is 0.457 e. The molecule has 318 valence electrons. The van der Waals surface area contributed by atoms with E-state index in [1.165, 1.54) is 21.5 Å². The van der Waals surface area contributed by atoms with Crippen LogP contribution in [0.5, 0.6) is 11.5 Å². The minimum Gasteiger partial charge on any atom is -0.457 e. The fourth-order valence-electron chi connectivity index (χ4n) is 11.9. The van der Waals surface area contributed by atoms with Gasteiger partial charge in [-0.05, 0) is 95.2 Å². The molecule has 69 heavy (non-hydrogen) atoms. The first kappa shape index (κ1) is 37.5. The normalized spacial score (nSPS) is 14.5. The van der Waals surface area contributed by atoms with E-state index in [0.29, 0.717) is 17.1 Å². The van der Waals surface area contributed by atoms with Gasteiger partial charge in [0.05, 0.1) is 80.6 Å². The number of pyridine rings is 2. The number of ether oxygens (including phenoxy) is 1. The van der Waals surface area contributed by atoms with E-state index >= 15 is 0 Å². The van der Waals surface area contributed by atoms with Gasteiger partial charge in [0, 0.05) is 56.2 Å². The smallest absolute Gasteiger partial charge is 0.188 e. The quantitative estimate of drug-likeness (QED) is 0.166. The van der Waals surface area contributed by atoms with Gasteiger partial charge in [-0.2, -0.15) is 0 Å². The molecule has 0 saturated heterocycles. The molecule has 0 radical (unpaired) electrons. The maximum Gasteiger partial charge on any atom is 0.188 e. The van der Waals surface area contributed by atoms with Gasteiger partial charge in [0.15, 0.2) is 11.4 Å². The SMILES string of the molecule is [C-]#[N+]c1ccc2c(c1)c1cc([N+]#[C-])ccc1n2-c1cccc2c1C1(c3ccc(-n4c5ccccc5c5ccccc54)cc3O2)c2cccnc2-c2ncc(-n3c4ccccc4c4ccccc43)cc21. The lowest BCUT2D eigenvalue weighted by Gasteiger charge is -2.40. The van der Waals surface area contributed by atoms with E-state index < -0.39 is 5.41 Å². The molecule has 1 aliphatic carbocycles. The highest BCUT2D eigenvalue weighted by atomic mass is 16.5. The number of hydrogen-bond donors (Lipinski definition) is 0. The molecule has 6 heterocycles. The number of para-hydroxylation sites is 4. The Morgan fingerprint density at radius 1 is 0.406 bits per heavy atom. The Balaban J connectivity index is 1.08. The van der Waals surface area contributed by atoms with Crippen LogP contribution in [-0.4, -0.2) is 23.7 Å². The Kier molecular flexibility index (Phi) is 7.41. The second-order valence-electron chi connectivity index (χ2n) is 17.9. The van der Waals surface area contributed by atoms with Crippen LogP contribution < -0.4 is 4.74 Å². The van der Waals surface area contributed by atoms with Crippen LogP contribution in [0.4, 0.5) is 11.4 Å². The van der Waals surface area contributed by atoms with Crippen LogP contribution in [0.15, 0.2) is 200 Å². The molecule has 2 aliphatic rings. The van der Waals surface area contributed by atoms with Crippen molar-refractivity contribution in [3.05, 3.63) is 246 Å². The van der Waals surface area contributed by atoms with Crippen molar-refractivity contribution in [3.8, 4) is 39.9 Å². The van der Waals surface area contributed by atoms with Crippen molar-refractivity contribution in [2.24, 2.45) is 0 Å². The molecule has 1 aliphatic heterocycles. The van der Waals surface area contributed by atoms with Crippen molar-refractivity contribution < 1.29 is 4.74 Å². The van der Waals surface area contributed by atoms with Crippen molar-refractivity contribution in [3.63, 3.8) is 0 Å². The molecule has 1 spiro atoms. The average molecular weight is 880 g/mol. The zero-order valence-electron chi connectivity index (χ0n) is 36.6. The fourth-order valence-corrected chi connectivity index (χ4v) is 11.9. The molecular weight excluding hydrogens is 847 g/mol. The van der Waals surface area contributed by atoms with Crippen molar-refractivity contribution in [1.29, 1.82) is 0 Å². The molecule has 15 rings (SSSR count). The highest BCUT2D eigenvalue weighted by Gasteiger charge is 2.54. The van der Waals surface area contributed by atoms with Crippen molar-refractivity contribution in [2.75, 3.05) is 0 Å². The van der Waals surface area contributed by atoms with Gasteiger partial charge in [-0.15, -0.1) is 0 Å². The monoisotopic (exact) mass is 879 g/mol. The topological polar surface area (TPSA) is 58.5 Å². The molecule has 8 heteroatoms. The maximum atomic E-state index is 7.95. The summed E-state index contributed by atoms with van der Waals surface area (Å²) >= 11 is 0. The molecule has 0 amide bonds. The van der Waals surface area contributed by atoms with Gasteiger partial charge in [0.1, 0.15) is 11.5 Å². The maximum absolute atomic E-state index is 7.95. The van der Waals surface area contributed by atoms with Gasteiger partial charge < -0.3 is 18.4 Å². The summed E-state index contributed by atoms with van der Waals surface area (Å²) in [7, 11) is 0. The number of aromatic nitrogens is 5. The number of rotatable bonds is 3. The minimum atomic E-state index is -1.00. The van der Waals surface area contributed by atoms with E-state index in [-0.39, 0.29) is 0 Å². The Morgan fingerprint density at radius 3 is 1.55 bits per heavy atom. The van der Waals surface area contributed by atoms with Crippen LogP contribution in [0, 0.1) is 13.1 Å². The van der Waals surface area contributed by atoms with Gasteiger partial charge in [0.25, 0.3) is 0 Å². The molecule has 1 atom stereocenters. The predicted octanol–water partition coefficient (Wildman–Crippen LogP) is 15.3. The van der Waals surface area contributed by atoms with Gasteiger partial charge in [-0.3, -0.25) is 9.97 Å². The molecular formula is C61H33N7O. The highest BCUT2D eigenvalue weighted by Crippen LogP contribution is 2.63. The van der Waals surface area contributed by atoms with Crippen molar-refractivity contribution in [1.82, 2.24) is 23.7 Å². The third kappa shape index (κ3) is 4.83. The zero-order valence-corrected chi connectivity index (χ0v) is 36.6. The summed E-state index contributed by atoms with van der Waals surface area (Å²) in [6.45, 7) is 15.9. The first-order chi connectivity index (χ1) is 34.1. The van der Waals surface area contributed by atoms with Crippen molar-refractivity contribution in [2.45, 2.75) is 5.41 Å². The summed E-state index contributed by atoms with van der Waals surface area (Å²) in [5.74, 6) is 1.43. The molecule has 8 aromatic carbocycles. The number of benzene rings is 8. The minimum absolute atomic E-state index is 0.533. The lowest BCUT2D eigenvalue weighted by Crippen LogP contribution is -2.34. The van der Waals surface area contributed by atoms with Gasteiger partial charge in [-0.25, -0.2) is 9.69 Å². The summed E-state index contributed by atoms with van der Waals surface area (Å²) < 4.78 is 14.3. The third-order valence-corrected chi connectivity index (χ3v) is 14.6. The summed E-state index contributed by atoms with van der Waals surface area (Å²) in [4.78, 5) is 18.2. The van der Waals surface area contributed by atoms with E-state index in [4.69, 9.17) is 27.8 Å². The number of fused-ring (bicyclic) bond motifs is 18. The molecule has 0 bridgehead atoms. The van der Waals surface area contributed by atoms with Gasteiger partial charge >= 0.3 is 0 Å². The predicted molar refractivity (Wildman–Crippen MR) is 275 cm³/mol. The summed E-state index contributed by atoms with van der Waals surface area (Å²) in [5.41, 5.74) is 14.6. The summed E-state index contributed by atoms with van der Waals surface area (Å²) in [6.07, 6.45) is 3.85. The highest BCUT2D eigenvalue weighted by molar-refractivity contribution is 6.13. The summed E-state index contributed by atoms with van der Waals surface area (Å²) in [6, 6.07) is 65.5. The molecule has 8 nitrogen and oxygen atoms in total. The lowest BCUT2D eigenvalue weighted by molar-refractivity contribution is 0.435. The van der Waals surface area contributed by atoms with Gasteiger partial charge in [0.2, 0.25) is 0 Å². The van der Waals surface area contributed by atoms with E-state index in [0.717, 1.165) is 100 Å². The summed E-state index contributed by atoms with van der Waals surface area (Å²) in [5, 5.41) is 6.50. The van der Waals surface area contributed by atoms with Crippen LogP contribution in [0.1, 0.15) is 22.3 Å². The molecule has 0 saturated carbocycles. The molecule has 1 unspecified atom stereocenters. The molecule has 5 aromatic heterocycles. The Hall–Kier alpha value is -9.76. The van der Waals surface area contributed by atoms with Crippen LogP contribution in [0.25, 0.3) is 104 Å².